The highest BCUT2D eigenvalue weighted by Gasteiger charge is 2.29. The van der Waals surface area contributed by atoms with Gasteiger partial charge in [-0.1, -0.05) is 13.8 Å². The number of carbonyl (C=O) groups excluding carboxylic acids is 1. The van der Waals surface area contributed by atoms with Crippen molar-refractivity contribution in [2.75, 3.05) is 39.3 Å². The van der Waals surface area contributed by atoms with Crippen molar-refractivity contribution in [1.29, 1.82) is 0 Å². The van der Waals surface area contributed by atoms with Crippen LogP contribution in [0.25, 0.3) is 0 Å². The van der Waals surface area contributed by atoms with Gasteiger partial charge in [-0.2, -0.15) is 0 Å². The van der Waals surface area contributed by atoms with Crippen LogP contribution in [0.2, 0.25) is 0 Å². The minimum Gasteiger partial charge on any atom is -0.395 e. The van der Waals surface area contributed by atoms with E-state index < -0.39 is 0 Å². The lowest BCUT2D eigenvalue weighted by atomic mass is 10.0. The summed E-state index contributed by atoms with van der Waals surface area (Å²) in [5.74, 6) is 0.0208. The first-order chi connectivity index (χ1) is 7.56. The predicted octanol–water partition coefficient (Wildman–Crippen LogP) is -0.894. The van der Waals surface area contributed by atoms with Crippen LogP contribution in [-0.4, -0.2) is 66.2 Å². The molecule has 1 atom stereocenters. The lowest BCUT2D eigenvalue weighted by Gasteiger charge is -2.39. The maximum Gasteiger partial charge on any atom is 0.235 e. The van der Waals surface area contributed by atoms with Gasteiger partial charge in [0, 0.05) is 32.7 Å². The molecular weight excluding hydrogens is 206 g/mol. The molecule has 3 N–H and O–H groups in total. The number of aliphatic hydroxyl groups excluding tert-OH is 1. The molecule has 1 saturated heterocycles. The van der Waals surface area contributed by atoms with Crippen molar-refractivity contribution in [1.82, 2.24) is 9.80 Å². The van der Waals surface area contributed by atoms with Crippen LogP contribution in [0.3, 0.4) is 0 Å². The van der Waals surface area contributed by atoms with E-state index in [0.717, 1.165) is 32.7 Å². The van der Waals surface area contributed by atoms with Gasteiger partial charge in [-0.3, -0.25) is 14.6 Å². The normalized spacial score (nSPS) is 21.2. The Kier molecular flexibility index (Phi) is 5.18. The van der Waals surface area contributed by atoms with E-state index in [2.05, 4.69) is 9.80 Å². The minimum atomic E-state index is -0.231. The Morgan fingerprint density at radius 1 is 1.31 bits per heavy atom. The second-order valence-electron chi connectivity index (χ2n) is 4.69. The molecule has 1 unspecified atom stereocenters. The summed E-state index contributed by atoms with van der Waals surface area (Å²) in [6.45, 7) is 8.47. The highest BCUT2D eigenvalue weighted by atomic mass is 16.3. The third-order valence-electron chi connectivity index (χ3n) is 3.14. The quantitative estimate of drug-likeness (QED) is 0.641. The van der Waals surface area contributed by atoms with E-state index >= 15 is 0 Å². The molecule has 16 heavy (non-hydrogen) atoms. The molecule has 0 aliphatic carbocycles. The van der Waals surface area contributed by atoms with Gasteiger partial charge in [0.05, 0.1) is 12.6 Å². The summed E-state index contributed by atoms with van der Waals surface area (Å²) in [5.41, 5.74) is 5.43. The van der Waals surface area contributed by atoms with Crippen LogP contribution in [-0.2, 0) is 4.79 Å². The number of carbonyl (C=O) groups is 1. The molecule has 0 aromatic heterocycles. The van der Waals surface area contributed by atoms with Gasteiger partial charge in [-0.15, -0.1) is 0 Å². The van der Waals surface area contributed by atoms with E-state index in [0.29, 0.717) is 0 Å². The topological polar surface area (TPSA) is 69.8 Å². The van der Waals surface area contributed by atoms with Gasteiger partial charge in [0.15, 0.2) is 0 Å². The molecule has 1 aliphatic rings. The fourth-order valence-corrected chi connectivity index (χ4v) is 2.34. The first-order valence-electron chi connectivity index (χ1n) is 5.93. The van der Waals surface area contributed by atoms with Gasteiger partial charge in [0.2, 0.25) is 5.91 Å². The SMILES string of the molecule is CC(C)C(C(N)=O)N1CCN(CCO)CC1. The summed E-state index contributed by atoms with van der Waals surface area (Å²) < 4.78 is 0. The zero-order valence-electron chi connectivity index (χ0n) is 10.2. The second-order valence-corrected chi connectivity index (χ2v) is 4.69. The van der Waals surface area contributed by atoms with E-state index in [1.54, 1.807) is 0 Å². The average Bonchev–Trinajstić information content (AvgIpc) is 2.20. The van der Waals surface area contributed by atoms with Crippen LogP contribution in [0.1, 0.15) is 13.8 Å². The molecule has 0 bridgehead atoms. The smallest absolute Gasteiger partial charge is 0.235 e. The maximum atomic E-state index is 11.4. The molecule has 0 radical (unpaired) electrons. The van der Waals surface area contributed by atoms with Crippen LogP contribution < -0.4 is 5.73 Å². The predicted molar refractivity (Wildman–Crippen MR) is 62.9 cm³/mol. The number of β-amino-alcohol motifs (C(OH)–C–C–N with tert-alkyl or cyclic N) is 1. The Balaban J connectivity index is 2.47. The lowest BCUT2D eigenvalue weighted by Crippen LogP contribution is -2.56. The van der Waals surface area contributed by atoms with Crippen molar-refractivity contribution in [2.45, 2.75) is 19.9 Å². The number of amides is 1. The van der Waals surface area contributed by atoms with Crippen molar-refractivity contribution < 1.29 is 9.90 Å². The van der Waals surface area contributed by atoms with Crippen molar-refractivity contribution in [3.8, 4) is 0 Å². The van der Waals surface area contributed by atoms with Crippen molar-refractivity contribution in [3.05, 3.63) is 0 Å². The van der Waals surface area contributed by atoms with E-state index in [9.17, 15) is 4.79 Å². The Hall–Kier alpha value is -0.650. The molecule has 1 heterocycles. The van der Waals surface area contributed by atoms with Crippen LogP contribution in [0.15, 0.2) is 0 Å². The van der Waals surface area contributed by atoms with Gasteiger partial charge in [-0.05, 0) is 5.92 Å². The Labute approximate surface area is 97.2 Å². The Bertz CT molecular complexity index is 225. The highest BCUT2D eigenvalue weighted by molar-refractivity contribution is 5.80. The first kappa shape index (κ1) is 13.4. The number of rotatable bonds is 5. The first-order valence-corrected chi connectivity index (χ1v) is 5.93. The molecule has 5 nitrogen and oxygen atoms in total. The molecule has 0 aromatic carbocycles. The largest absolute Gasteiger partial charge is 0.395 e. The Morgan fingerprint density at radius 2 is 1.88 bits per heavy atom. The third kappa shape index (κ3) is 3.43. The molecule has 1 amide bonds. The van der Waals surface area contributed by atoms with Gasteiger partial charge in [0.25, 0.3) is 0 Å². The standard InChI is InChI=1S/C11H23N3O2/c1-9(2)10(11(12)16)14-5-3-13(4-6-14)7-8-15/h9-10,15H,3-8H2,1-2H3,(H2,12,16). The molecule has 0 aromatic rings. The fraction of sp³-hybridized carbons (Fsp3) is 0.909. The molecular formula is C11H23N3O2. The van der Waals surface area contributed by atoms with Gasteiger partial charge in [0.1, 0.15) is 0 Å². The fourth-order valence-electron chi connectivity index (χ4n) is 2.34. The molecule has 0 spiro atoms. The lowest BCUT2D eigenvalue weighted by molar-refractivity contribution is -0.125. The maximum absolute atomic E-state index is 11.4. The summed E-state index contributed by atoms with van der Waals surface area (Å²) in [4.78, 5) is 15.7. The number of hydrogen-bond donors (Lipinski definition) is 2. The highest BCUT2D eigenvalue weighted by Crippen LogP contribution is 2.13. The van der Waals surface area contributed by atoms with Crippen LogP contribution in [0.4, 0.5) is 0 Å². The summed E-state index contributed by atoms with van der Waals surface area (Å²) >= 11 is 0. The van der Waals surface area contributed by atoms with Crippen molar-refractivity contribution in [2.24, 2.45) is 11.7 Å². The van der Waals surface area contributed by atoms with Crippen LogP contribution >= 0.6 is 0 Å². The molecule has 1 fully saturated rings. The monoisotopic (exact) mass is 229 g/mol. The van der Waals surface area contributed by atoms with Crippen molar-refractivity contribution >= 4 is 5.91 Å². The summed E-state index contributed by atoms with van der Waals surface area (Å²) in [6, 6.07) is -0.156. The van der Waals surface area contributed by atoms with Crippen LogP contribution in [0, 0.1) is 5.92 Å². The molecule has 1 rings (SSSR count). The number of nitrogens with zero attached hydrogens (tertiary/aromatic N) is 2. The second kappa shape index (κ2) is 6.18. The van der Waals surface area contributed by atoms with E-state index in [4.69, 9.17) is 10.8 Å². The van der Waals surface area contributed by atoms with Gasteiger partial charge in [-0.25, -0.2) is 0 Å². The molecule has 0 saturated carbocycles. The number of piperazine rings is 1. The van der Waals surface area contributed by atoms with E-state index in [-0.39, 0.29) is 24.5 Å². The summed E-state index contributed by atoms with van der Waals surface area (Å²) in [5, 5.41) is 8.84. The zero-order chi connectivity index (χ0) is 12.1. The molecule has 1 aliphatic heterocycles. The van der Waals surface area contributed by atoms with Crippen LogP contribution in [0.5, 0.6) is 0 Å². The minimum absolute atomic E-state index is 0.156. The summed E-state index contributed by atoms with van der Waals surface area (Å²) in [7, 11) is 0. The zero-order valence-corrected chi connectivity index (χ0v) is 10.2. The number of nitrogens with two attached hydrogens (primary N) is 1. The van der Waals surface area contributed by atoms with E-state index in [1.807, 2.05) is 13.8 Å². The third-order valence-corrected chi connectivity index (χ3v) is 3.14. The van der Waals surface area contributed by atoms with Crippen molar-refractivity contribution in [3.63, 3.8) is 0 Å². The molecule has 5 heteroatoms. The number of aliphatic hydroxyl groups is 1. The Morgan fingerprint density at radius 3 is 2.25 bits per heavy atom. The summed E-state index contributed by atoms with van der Waals surface area (Å²) in [6.07, 6.45) is 0. The number of primary amides is 1. The molecule has 94 valence electrons. The number of hydrogen-bond acceptors (Lipinski definition) is 4. The van der Waals surface area contributed by atoms with E-state index in [1.165, 1.54) is 0 Å². The van der Waals surface area contributed by atoms with Gasteiger partial charge >= 0.3 is 0 Å². The van der Waals surface area contributed by atoms with Gasteiger partial charge < -0.3 is 10.8 Å². The average molecular weight is 229 g/mol.